The number of ether oxygens (including phenoxy) is 1. The summed E-state index contributed by atoms with van der Waals surface area (Å²) in [5.74, 6) is 0.289. The average Bonchev–Trinajstić information content (AvgIpc) is 3.23. The summed E-state index contributed by atoms with van der Waals surface area (Å²) in [7, 11) is -3.58. The van der Waals surface area contributed by atoms with Crippen molar-refractivity contribution in [3.8, 4) is 5.75 Å². The first-order valence-electron chi connectivity index (χ1n) is 9.57. The van der Waals surface area contributed by atoms with Gasteiger partial charge in [0.05, 0.1) is 11.4 Å². The minimum atomic E-state index is -3.58. The van der Waals surface area contributed by atoms with Crippen molar-refractivity contribution >= 4 is 27.5 Å². The number of rotatable bonds is 7. The molecule has 0 atom stereocenters. The van der Waals surface area contributed by atoms with Gasteiger partial charge < -0.3 is 10.1 Å². The van der Waals surface area contributed by atoms with E-state index >= 15 is 0 Å². The molecule has 0 spiro atoms. The standard InChI is InChI=1S/C21H25ClN2O4S/c1-15-6-8-18(14-19(15)22)28-12-9-23-21(25)17-7-5-16(2)20(13-17)29(26,27)24-10-3-4-11-24/h5-8,13-14H,3-4,9-12H2,1-2H3,(H,23,25). The molecule has 1 amide bonds. The molecule has 1 N–H and O–H groups in total. The van der Waals surface area contributed by atoms with Crippen molar-refractivity contribution in [2.45, 2.75) is 31.6 Å². The minimum absolute atomic E-state index is 0.192. The number of nitrogens with zero attached hydrogens (tertiary/aromatic N) is 1. The Hall–Kier alpha value is -2.09. The molecular formula is C21H25ClN2O4S. The molecule has 156 valence electrons. The topological polar surface area (TPSA) is 75.7 Å². The molecule has 8 heteroatoms. The van der Waals surface area contributed by atoms with Gasteiger partial charge in [0, 0.05) is 23.7 Å². The van der Waals surface area contributed by atoms with Gasteiger partial charge in [-0.2, -0.15) is 4.31 Å². The highest BCUT2D eigenvalue weighted by Gasteiger charge is 2.29. The molecule has 1 aliphatic rings. The highest BCUT2D eigenvalue weighted by Crippen LogP contribution is 2.25. The molecule has 2 aromatic rings. The van der Waals surface area contributed by atoms with Gasteiger partial charge in [-0.15, -0.1) is 0 Å². The fourth-order valence-electron chi connectivity index (χ4n) is 3.19. The lowest BCUT2D eigenvalue weighted by Crippen LogP contribution is -2.30. The van der Waals surface area contributed by atoms with Crippen LogP contribution in [0.5, 0.6) is 5.75 Å². The number of carbonyl (C=O) groups excluding carboxylic acids is 1. The Balaban J connectivity index is 1.61. The average molecular weight is 437 g/mol. The van der Waals surface area contributed by atoms with Crippen molar-refractivity contribution in [2.24, 2.45) is 0 Å². The number of aryl methyl sites for hydroxylation is 2. The summed E-state index contributed by atoms with van der Waals surface area (Å²) < 4.78 is 32.8. The third-order valence-electron chi connectivity index (χ3n) is 4.93. The molecule has 0 aromatic heterocycles. The molecule has 0 radical (unpaired) electrons. The van der Waals surface area contributed by atoms with E-state index in [0.717, 1.165) is 18.4 Å². The highest BCUT2D eigenvalue weighted by molar-refractivity contribution is 7.89. The second-order valence-electron chi connectivity index (χ2n) is 7.11. The molecule has 6 nitrogen and oxygen atoms in total. The van der Waals surface area contributed by atoms with Crippen molar-refractivity contribution in [2.75, 3.05) is 26.2 Å². The van der Waals surface area contributed by atoms with Gasteiger partial charge >= 0.3 is 0 Å². The summed E-state index contributed by atoms with van der Waals surface area (Å²) >= 11 is 6.07. The summed E-state index contributed by atoms with van der Waals surface area (Å²) in [6, 6.07) is 10.2. The van der Waals surface area contributed by atoms with Crippen LogP contribution in [0, 0.1) is 13.8 Å². The summed E-state index contributed by atoms with van der Waals surface area (Å²) in [4.78, 5) is 12.7. The van der Waals surface area contributed by atoms with E-state index in [1.807, 2.05) is 19.1 Å². The van der Waals surface area contributed by atoms with Crippen LogP contribution >= 0.6 is 11.6 Å². The predicted molar refractivity (Wildman–Crippen MR) is 113 cm³/mol. The van der Waals surface area contributed by atoms with Crippen LogP contribution in [0.1, 0.15) is 34.3 Å². The van der Waals surface area contributed by atoms with Gasteiger partial charge in [0.2, 0.25) is 10.0 Å². The van der Waals surface area contributed by atoms with E-state index in [-0.39, 0.29) is 24.0 Å². The van der Waals surface area contributed by atoms with Crippen molar-refractivity contribution in [3.63, 3.8) is 0 Å². The van der Waals surface area contributed by atoms with E-state index < -0.39 is 10.0 Å². The molecule has 0 saturated carbocycles. The zero-order chi connectivity index (χ0) is 21.0. The second kappa shape index (κ2) is 9.15. The van der Waals surface area contributed by atoms with Gasteiger partial charge in [-0.25, -0.2) is 8.42 Å². The Labute approximate surface area is 176 Å². The molecule has 1 heterocycles. The molecule has 3 rings (SSSR count). The van der Waals surface area contributed by atoms with Crippen molar-refractivity contribution < 1.29 is 17.9 Å². The predicted octanol–water partition coefficient (Wildman–Crippen LogP) is 3.55. The number of hydrogen-bond acceptors (Lipinski definition) is 4. The molecule has 29 heavy (non-hydrogen) atoms. The van der Waals surface area contributed by atoms with E-state index in [4.69, 9.17) is 16.3 Å². The molecule has 1 aliphatic heterocycles. The largest absolute Gasteiger partial charge is 0.492 e. The fraction of sp³-hybridized carbons (Fsp3) is 0.381. The third-order valence-corrected chi connectivity index (χ3v) is 7.38. The van der Waals surface area contributed by atoms with Crippen molar-refractivity contribution in [1.82, 2.24) is 9.62 Å². The van der Waals surface area contributed by atoms with Crippen LogP contribution in [0.2, 0.25) is 5.02 Å². The van der Waals surface area contributed by atoms with Crippen LogP contribution in [0.25, 0.3) is 0 Å². The lowest BCUT2D eigenvalue weighted by Gasteiger charge is -2.18. The normalized spacial score (nSPS) is 14.7. The van der Waals surface area contributed by atoms with E-state index in [2.05, 4.69) is 5.32 Å². The fourth-order valence-corrected chi connectivity index (χ4v) is 5.12. The van der Waals surface area contributed by atoms with Gasteiger partial charge in [0.1, 0.15) is 12.4 Å². The Bertz CT molecular complexity index is 1000. The zero-order valence-electron chi connectivity index (χ0n) is 16.6. The van der Waals surface area contributed by atoms with Crippen LogP contribution in [-0.4, -0.2) is 44.9 Å². The van der Waals surface area contributed by atoms with Crippen LogP contribution in [0.3, 0.4) is 0 Å². The maximum Gasteiger partial charge on any atom is 0.251 e. The molecular weight excluding hydrogens is 412 g/mol. The Morgan fingerprint density at radius 1 is 1.10 bits per heavy atom. The number of sulfonamides is 1. The smallest absolute Gasteiger partial charge is 0.251 e. The maximum absolute atomic E-state index is 12.9. The van der Waals surface area contributed by atoms with E-state index in [1.54, 1.807) is 25.1 Å². The van der Waals surface area contributed by atoms with Gasteiger partial charge in [-0.3, -0.25) is 4.79 Å². The summed E-state index contributed by atoms with van der Waals surface area (Å²) in [6.07, 6.45) is 1.73. The number of amides is 1. The maximum atomic E-state index is 12.9. The Kier molecular flexibility index (Phi) is 6.82. The lowest BCUT2D eigenvalue weighted by atomic mass is 10.1. The second-order valence-corrected chi connectivity index (χ2v) is 9.42. The summed E-state index contributed by atoms with van der Waals surface area (Å²) in [5, 5.41) is 3.38. The van der Waals surface area contributed by atoms with Gasteiger partial charge in [0.25, 0.3) is 5.91 Å². The molecule has 0 aliphatic carbocycles. The van der Waals surface area contributed by atoms with E-state index in [1.165, 1.54) is 10.4 Å². The first kappa shape index (κ1) is 21.6. The molecule has 1 saturated heterocycles. The van der Waals surface area contributed by atoms with E-state index in [9.17, 15) is 13.2 Å². The Morgan fingerprint density at radius 3 is 2.48 bits per heavy atom. The molecule has 0 unspecified atom stereocenters. The molecule has 0 bridgehead atoms. The van der Waals surface area contributed by atoms with Crippen LogP contribution in [0.15, 0.2) is 41.3 Å². The van der Waals surface area contributed by atoms with Crippen LogP contribution in [0.4, 0.5) is 0 Å². The third kappa shape index (κ3) is 5.10. The summed E-state index contributed by atoms with van der Waals surface area (Å²) in [5.41, 5.74) is 1.91. The quantitative estimate of drug-likeness (QED) is 0.673. The first-order chi connectivity index (χ1) is 13.8. The van der Waals surface area contributed by atoms with Crippen molar-refractivity contribution in [1.29, 1.82) is 0 Å². The molecule has 1 fully saturated rings. The number of hydrogen-bond donors (Lipinski definition) is 1. The van der Waals surface area contributed by atoms with Gasteiger partial charge in [-0.05, 0) is 62.1 Å². The number of carbonyl (C=O) groups is 1. The van der Waals surface area contributed by atoms with Crippen molar-refractivity contribution in [3.05, 3.63) is 58.1 Å². The lowest BCUT2D eigenvalue weighted by molar-refractivity contribution is 0.0946. The SMILES string of the molecule is Cc1ccc(OCCNC(=O)c2ccc(C)c(S(=O)(=O)N3CCCC3)c2)cc1Cl. The van der Waals surface area contributed by atoms with Crippen LogP contribution in [-0.2, 0) is 10.0 Å². The highest BCUT2D eigenvalue weighted by atomic mass is 35.5. The molecule has 2 aromatic carbocycles. The summed E-state index contributed by atoms with van der Waals surface area (Å²) in [6.45, 7) is 5.26. The van der Waals surface area contributed by atoms with Gasteiger partial charge in [0.15, 0.2) is 0 Å². The Morgan fingerprint density at radius 2 is 1.79 bits per heavy atom. The monoisotopic (exact) mass is 436 g/mol. The number of benzene rings is 2. The van der Waals surface area contributed by atoms with Gasteiger partial charge in [-0.1, -0.05) is 23.7 Å². The number of nitrogens with one attached hydrogen (secondary N) is 1. The first-order valence-corrected chi connectivity index (χ1v) is 11.4. The minimum Gasteiger partial charge on any atom is -0.492 e. The zero-order valence-corrected chi connectivity index (χ0v) is 18.1. The van der Waals surface area contributed by atoms with E-state index in [0.29, 0.717) is 35.0 Å². The van der Waals surface area contributed by atoms with Crippen LogP contribution < -0.4 is 10.1 Å². The number of halogens is 1.